The van der Waals surface area contributed by atoms with Crippen LogP contribution in [0.4, 0.5) is 0 Å². The fourth-order valence-corrected chi connectivity index (χ4v) is 3.22. The summed E-state index contributed by atoms with van der Waals surface area (Å²) in [7, 11) is 0. The normalized spacial score (nSPS) is 13.0. The van der Waals surface area contributed by atoms with Gasteiger partial charge in [0.05, 0.1) is 12.0 Å². The highest BCUT2D eigenvalue weighted by Crippen LogP contribution is 2.26. The average Bonchev–Trinajstić information content (AvgIpc) is 3.12. The minimum atomic E-state index is -0.602. The van der Waals surface area contributed by atoms with Crippen LogP contribution < -0.4 is 15.4 Å². The molecule has 0 saturated carbocycles. The lowest BCUT2D eigenvalue weighted by Crippen LogP contribution is -2.39. The number of benzene rings is 2. The van der Waals surface area contributed by atoms with Crippen molar-refractivity contribution in [1.29, 1.82) is 0 Å². The molecule has 0 aromatic heterocycles. The zero-order valence-electron chi connectivity index (χ0n) is 17.2. The summed E-state index contributed by atoms with van der Waals surface area (Å²) in [5.74, 6) is 1.36. The van der Waals surface area contributed by atoms with Gasteiger partial charge in [0.1, 0.15) is 5.75 Å². The molecule has 0 aliphatic carbocycles. The molecular weight excluding hydrogens is 372 g/mol. The van der Waals surface area contributed by atoms with Crippen LogP contribution in [0.3, 0.4) is 0 Å². The second-order valence-corrected chi connectivity index (χ2v) is 8.24. The first kappa shape index (κ1) is 22.3. The molecule has 0 radical (unpaired) electrons. The largest absolute Gasteiger partial charge is 0.493 e. The molecule has 3 rings (SSSR count). The summed E-state index contributed by atoms with van der Waals surface area (Å²) in [4.78, 5) is 12.8. The maximum Gasteiger partial charge on any atom is 0.230 e. The molecule has 0 spiro atoms. The van der Waals surface area contributed by atoms with E-state index in [0.717, 1.165) is 30.0 Å². The van der Waals surface area contributed by atoms with E-state index < -0.39 is 5.41 Å². The number of carbonyl (C=O) groups excluding carboxylic acids is 1. The van der Waals surface area contributed by atoms with Crippen molar-refractivity contribution in [2.45, 2.75) is 52.7 Å². The number of nitrogens with one attached hydrogen (secondary N) is 2. The molecular formula is C23H31ClN2O2. The Balaban J connectivity index is 0.00000280. The van der Waals surface area contributed by atoms with Gasteiger partial charge in [0.2, 0.25) is 5.91 Å². The van der Waals surface area contributed by atoms with Gasteiger partial charge in [-0.1, -0.05) is 44.2 Å². The molecule has 0 fully saturated rings. The zero-order valence-corrected chi connectivity index (χ0v) is 18.0. The van der Waals surface area contributed by atoms with Crippen molar-refractivity contribution in [2.24, 2.45) is 5.92 Å². The summed E-state index contributed by atoms with van der Waals surface area (Å²) in [6.45, 7) is 11.3. The third-order valence-corrected chi connectivity index (χ3v) is 5.08. The molecule has 1 aliphatic rings. The van der Waals surface area contributed by atoms with E-state index in [2.05, 4.69) is 42.7 Å². The van der Waals surface area contributed by atoms with Gasteiger partial charge in [-0.2, -0.15) is 0 Å². The van der Waals surface area contributed by atoms with Gasteiger partial charge in [-0.25, -0.2) is 0 Å². The first-order valence-electron chi connectivity index (χ1n) is 9.69. The maximum atomic E-state index is 12.8. The summed E-state index contributed by atoms with van der Waals surface area (Å²) in [5, 5.41) is 6.44. The van der Waals surface area contributed by atoms with Crippen molar-refractivity contribution >= 4 is 18.3 Å². The molecule has 152 valence electrons. The number of fused-ring (bicyclic) bond motifs is 1. The van der Waals surface area contributed by atoms with Gasteiger partial charge in [-0.15, -0.1) is 12.4 Å². The molecule has 1 amide bonds. The Bertz CT molecular complexity index is 801. The van der Waals surface area contributed by atoms with Crippen LogP contribution in [-0.4, -0.2) is 12.5 Å². The lowest BCUT2D eigenvalue weighted by Gasteiger charge is -2.24. The Labute approximate surface area is 174 Å². The molecule has 2 N–H and O–H groups in total. The molecule has 28 heavy (non-hydrogen) atoms. The second kappa shape index (κ2) is 9.44. The van der Waals surface area contributed by atoms with E-state index in [-0.39, 0.29) is 18.3 Å². The van der Waals surface area contributed by atoms with Crippen molar-refractivity contribution in [2.75, 3.05) is 6.61 Å². The zero-order chi connectivity index (χ0) is 19.4. The summed E-state index contributed by atoms with van der Waals surface area (Å²) >= 11 is 0. The Morgan fingerprint density at radius 1 is 1.11 bits per heavy atom. The lowest BCUT2D eigenvalue weighted by molar-refractivity contribution is -0.125. The number of rotatable bonds is 7. The van der Waals surface area contributed by atoms with Gasteiger partial charge in [0, 0.05) is 19.6 Å². The first-order valence-corrected chi connectivity index (χ1v) is 9.69. The Kier molecular flexibility index (Phi) is 7.50. The lowest BCUT2D eigenvalue weighted by atomic mass is 9.83. The second-order valence-electron chi connectivity index (χ2n) is 8.24. The van der Waals surface area contributed by atoms with Gasteiger partial charge in [0.25, 0.3) is 0 Å². The van der Waals surface area contributed by atoms with Crippen molar-refractivity contribution in [3.8, 4) is 5.75 Å². The third kappa shape index (κ3) is 5.27. The number of ether oxygens (including phenoxy) is 1. The number of amides is 1. The summed E-state index contributed by atoms with van der Waals surface area (Å²) < 4.78 is 5.73. The highest BCUT2D eigenvalue weighted by Gasteiger charge is 2.29. The molecule has 0 atom stereocenters. The number of carbonyl (C=O) groups is 1. The summed E-state index contributed by atoms with van der Waals surface area (Å²) in [5.41, 5.74) is 4.20. The molecule has 0 bridgehead atoms. The number of halogens is 1. The van der Waals surface area contributed by atoms with Gasteiger partial charge >= 0.3 is 0 Å². The number of hydrogen-bond acceptors (Lipinski definition) is 3. The molecule has 0 saturated heterocycles. The predicted molar refractivity (Wildman–Crippen MR) is 116 cm³/mol. The van der Waals surface area contributed by atoms with Crippen LogP contribution in [0.2, 0.25) is 0 Å². The first-order chi connectivity index (χ1) is 12.9. The van der Waals surface area contributed by atoms with Crippen molar-refractivity contribution in [1.82, 2.24) is 10.6 Å². The predicted octanol–water partition coefficient (Wildman–Crippen LogP) is 4.34. The van der Waals surface area contributed by atoms with Gasteiger partial charge in [0.15, 0.2) is 0 Å². The van der Waals surface area contributed by atoms with E-state index in [1.165, 1.54) is 11.1 Å². The highest BCUT2D eigenvalue weighted by molar-refractivity contribution is 5.87. The molecule has 2 aromatic carbocycles. The van der Waals surface area contributed by atoms with Crippen molar-refractivity contribution in [3.63, 3.8) is 0 Å². The van der Waals surface area contributed by atoms with Crippen LogP contribution in [0.25, 0.3) is 0 Å². The van der Waals surface area contributed by atoms with Crippen molar-refractivity contribution in [3.05, 3.63) is 64.7 Å². The smallest absolute Gasteiger partial charge is 0.230 e. The highest BCUT2D eigenvalue weighted by atomic mass is 35.5. The van der Waals surface area contributed by atoms with Gasteiger partial charge in [-0.05, 0) is 54.2 Å². The van der Waals surface area contributed by atoms with Gasteiger partial charge < -0.3 is 15.4 Å². The van der Waals surface area contributed by atoms with Crippen LogP contribution in [-0.2, 0) is 29.8 Å². The Morgan fingerprint density at radius 3 is 2.46 bits per heavy atom. The standard InChI is InChI=1S/C23H30N2O2.ClH/c1-16(2)15-27-21-9-7-20(8-10-21)23(3,4)22(26)25-12-17-5-6-18-13-24-14-19(18)11-17;/h5-11,16,24H,12-15H2,1-4H3,(H,25,26);1H. The monoisotopic (exact) mass is 402 g/mol. The quantitative estimate of drug-likeness (QED) is 0.724. The maximum absolute atomic E-state index is 12.8. The molecule has 1 heterocycles. The van der Waals surface area contributed by atoms with E-state index in [0.29, 0.717) is 19.1 Å². The van der Waals surface area contributed by atoms with Crippen LogP contribution >= 0.6 is 12.4 Å². The third-order valence-electron chi connectivity index (χ3n) is 5.08. The van der Waals surface area contributed by atoms with E-state index in [1.54, 1.807) is 0 Å². The topological polar surface area (TPSA) is 50.4 Å². The minimum absolute atomic E-state index is 0. The van der Waals surface area contributed by atoms with E-state index in [9.17, 15) is 4.79 Å². The van der Waals surface area contributed by atoms with E-state index in [4.69, 9.17) is 4.74 Å². The summed E-state index contributed by atoms with van der Waals surface area (Å²) in [6.07, 6.45) is 0. The molecule has 0 unspecified atom stereocenters. The Hall–Kier alpha value is -2.04. The SMILES string of the molecule is CC(C)COc1ccc(C(C)(C)C(=O)NCc2ccc3c(c2)CNC3)cc1.Cl. The van der Waals surface area contributed by atoms with E-state index in [1.807, 2.05) is 38.1 Å². The van der Waals surface area contributed by atoms with Crippen LogP contribution in [0.5, 0.6) is 5.75 Å². The molecule has 4 nitrogen and oxygen atoms in total. The number of hydrogen-bond donors (Lipinski definition) is 2. The van der Waals surface area contributed by atoms with Crippen LogP contribution in [0.15, 0.2) is 42.5 Å². The molecule has 5 heteroatoms. The van der Waals surface area contributed by atoms with E-state index >= 15 is 0 Å². The fraction of sp³-hybridized carbons (Fsp3) is 0.435. The minimum Gasteiger partial charge on any atom is -0.493 e. The molecule has 1 aliphatic heterocycles. The van der Waals surface area contributed by atoms with Crippen LogP contribution in [0.1, 0.15) is 49.9 Å². The summed E-state index contributed by atoms with van der Waals surface area (Å²) in [6, 6.07) is 14.3. The van der Waals surface area contributed by atoms with Crippen molar-refractivity contribution < 1.29 is 9.53 Å². The molecule has 2 aromatic rings. The van der Waals surface area contributed by atoms with Gasteiger partial charge in [-0.3, -0.25) is 4.79 Å². The fourth-order valence-electron chi connectivity index (χ4n) is 3.22. The average molecular weight is 403 g/mol. The Morgan fingerprint density at radius 2 is 1.79 bits per heavy atom. The van der Waals surface area contributed by atoms with Crippen LogP contribution in [0, 0.1) is 5.92 Å².